The van der Waals surface area contributed by atoms with Crippen molar-refractivity contribution >= 4 is 17.9 Å². The summed E-state index contributed by atoms with van der Waals surface area (Å²) in [6.45, 7) is 5.68. The number of rotatable bonds is 16. The van der Waals surface area contributed by atoms with Gasteiger partial charge in [-0.25, -0.2) is 0 Å². The summed E-state index contributed by atoms with van der Waals surface area (Å²) in [6.07, 6.45) is 3.73. The Balaban J connectivity index is 1.44. The summed E-state index contributed by atoms with van der Waals surface area (Å²) >= 11 is 6.47. The van der Waals surface area contributed by atoms with Crippen LogP contribution >= 0.6 is 11.6 Å². The van der Waals surface area contributed by atoms with Gasteiger partial charge in [0.1, 0.15) is 36.5 Å². The molecule has 1 unspecified atom stereocenters. The van der Waals surface area contributed by atoms with Crippen LogP contribution in [-0.4, -0.2) is 53.9 Å². The number of aldehydes is 1. The van der Waals surface area contributed by atoms with Crippen LogP contribution in [0.3, 0.4) is 0 Å². The Hall–Kier alpha value is -4.46. The van der Waals surface area contributed by atoms with Crippen molar-refractivity contribution in [1.29, 1.82) is 5.26 Å². The van der Waals surface area contributed by atoms with Crippen LogP contribution in [-0.2, 0) is 13.2 Å². The predicted molar refractivity (Wildman–Crippen MR) is 172 cm³/mol. The van der Waals surface area contributed by atoms with Crippen molar-refractivity contribution in [2.75, 3.05) is 26.3 Å². The van der Waals surface area contributed by atoms with E-state index in [9.17, 15) is 9.90 Å². The Kier molecular flexibility index (Phi) is 12.3. The highest BCUT2D eigenvalue weighted by molar-refractivity contribution is 6.32. The van der Waals surface area contributed by atoms with Gasteiger partial charge in [-0.2, -0.15) is 5.26 Å². The molecule has 0 fully saturated rings. The molecule has 1 atom stereocenters. The molecule has 1 heterocycles. The number of halogens is 1. The van der Waals surface area contributed by atoms with Crippen LogP contribution in [0.25, 0.3) is 11.1 Å². The van der Waals surface area contributed by atoms with Gasteiger partial charge in [-0.15, -0.1) is 0 Å². The van der Waals surface area contributed by atoms with Gasteiger partial charge in [-0.1, -0.05) is 41.9 Å². The Morgan fingerprint density at radius 2 is 1.73 bits per heavy atom. The van der Waals surface area contributed by atoms with Crippen LogP contribution in [0, 0.1) is 25.2 Å². The van der Waals surface area contributed by atoms with Crippen molar-refractivity contribution in [2.45, 2.75) is 39.6 Å². The Labute approximate surface area is 268 Å². The van der Waals surface area contributed by atoms with E-state index in [1.54, 1.807) is 18.3 Å². The van der Waals surface area contributed by atoms with Crippen molar-refractivity contribution in [3.63, 3.8) is 0 Å². The number of hydrogen-bond acceptors (Lipinski definition) is 9. The number of nitrogens with one attached hydrogen (secondary N) is 1. The molecule has 10 heteroatoms. The van der Waals surface area contributed by atoms with Crippen LogP contribution in [0.1, 0.15) is 44.6 Å². The highest BCUT2D eigenvalue weighted by atomic mass is 35.5. The molecule has 4 aromatic rings. The quantitative estimate of drug-likeness (QED) is 0.107. The summed E-state index contributed by atoms with van der Waals surface area (Å²) in [5.41, 5.74) is 6.52. The van der Waals surface area contributed by atoms with Crippen LogP contribution < -0.4 is 19.5 Å². The van der Waals surface area contributed by atoms with E-state index in [2.05, 4.69) is 22.4 Å². The first-order valence-electron chi connectivity index (χ1n) is 14.5. The van der Waals surface area contributed by atoms with Gasteiger partial charge in [-0.05, 0) is 72.8 Å². The minimum Gasteiger partial charge on any atom is -0.493 e. The summed E-state index contributed by atoms with van der Waals surface area (Å²) in [5.74, 6) is 1.48. The first-order chi connectivity index (χ1) is 21.8. The van der Waals surface area contributed by atoms with E-state index in [1.165, 1.54) is 12.3 Å². The van der Waals surface area contributed by atoms with E-state index in [1.807, 2.05) is 44.2 Å². The molecule has 0 aliphatic carbocycles. The average Bonchev–Trinajstić information content (AvgIpc) is 3.06. The summed E-state index contributed by atoms with van der Waals surface area (Å²) in [4.78, 5) is 15.8. The van der Waals surface area contributed by atoms with Gasteiger partial charge in [-0.3, -0.25) is 9.78 Å². The number of aliphatic hydroxyl groups excluding tert-OH is 2. The van der Waals surface area contributed by atoms with E-state index in [4.69, 9.17) is 36.2 Å². The number of aromatic nitrogens is 1. The zero-order valence-corrected chi connectivity index (χ0v) is 26.0. The number of nitriles is 1. The second-order valence-electron chi connectivity index (χ2n) is 10.5. The molecule has 45 heavy (non-hydrogen) atoms. The van der Waals surface area contributed by atoms with Crippen LogP contribution in [0.5, 0.6) is 17.2 Å². The van der Waals surface area contributed by atoms with Crippen LogP contribution in [0.15, 0.2) is 67.0 Å². The monoisotopic (exact) mass is 629 g/mol. The molecular formula is C35H36ClN3O6. The second kappa shape index (κ2) is 16.6. The largest absolute Gasteiger partial charge is 0.493 e. The molecule has 0 aliphatic heterocycles. The molecule has 3 aromatic carbocycles. The first kappa shape index (κ1) is 33.4. The number of carbonyl (C=O) groups excluding carboxylic acids is 1. The van der Waals surface area contributed by atoms with Gasteiger partial charge in [0.2, 0.25) is 0 Å². The third-order valence-electron chi connectivity index (χ3n) is 7.26. The number of ether oxygens (including phenoxy) is 3. The van der Waals surface area contributed by atoms with Crippen LogP contribution in [0.2, 0.25) is 5.02 Å². The van der Waals surface area contributed by atoms with Crippen molar-refractivity contribution in [3.8, 4) is 34.4 Å². The topological polar surface area (TPSA) is 134 Å². The van der Waals surface area contributed by atoms with E-state index < -0.39 is 6.10 Å². The molecule has 0 amide bonds. The van der Waals surface area contributed by atoms with Crippen molar-refractivity contribution < 1.29 is 29.2 Å². The number of carbonyl (C=O) groups is 1. The molecule has 4 rings (SSSR count). The number of nitrogens with zero attached hydrogens (tertiary/aromatic N) is 2. The summed E-state index contributed by atoms with van der Waals surface area (Å²) in [5, 5.41) is 30.8. The molecule has 0 saturated heterocycles. The molecule has 0 aliphatic rings. The zero-order valence-electron chi connectivity index (χ0n) is 25.3. The van der Waals surface area contributed by atoms with Crippen molar-refractivity contribution in [2.24, 2.45) is 0 Å². The summed E-state index contributed by atoms with van der Waals surface area (Å²) < 4.78 is 18.1. The number of hydrogen-bond donors (Lipinski definition) is 3. The van der Waals surface area contributed by atoms with Gasteiger partial charge < -0.3 is 29.7 Å². The maximum Gasteiger partial charge on any atom is 0.153 e. The molecule has 0 radical (unpaired) electrons. The van der Waals surface area contributed by atoms with Gasteiger partial charge in [0.25, 0.3) is 0 Å². The molecule has 1 aromatic heterocycles. The van der Waals surface area contributed by atoms with Crippen molar-refractivity contribution in [3.05, 3.63) is 105 Å². The van der Waals surface area contributed by atoms with Crippen LogP contribution in [0.4, 0.5) is 0 Å². The van der Waals surface area contributed by atoms with Gasteiger partial charge >= 0.3 is 0 Å². The van der Waals surface area contributed by atoms with Gasteiger partial charge in [0.05, 0.1) is 35.5 Å². The third kappa shape index (κ3) is 9.03. The molecule has 0 saturated carbocycles. The summed E-state index contributed by atoms with van der Waals surface area (Å²) in [7, 11) is 0. The predicted octanol–water partition coefficient (Wildman–Crippen LogP) is 5.57. The number of benzene rings is 3. The molecule has 3 N–H and O–H groups in total. The summed E-state index contributed by atoms with van der Waals surface area (Å²) in [6, 6.07) is 18.9. The second-order valence-corrected chi connectivity index (χ2v) is 10.9. The lowest BCUT2D eigenvalue weighted by molar-refractivity contribution is 0.0942. The Morgan fingerprint density at radius 1 is 0.978 bits per heavy atom. The van der Waals surface area contributed by atoms with E-state index in [0.29, 0.717) is 48.6 Å². The van der Waals surface area contributed by atoms with Gasteiger partial charge in [0, 0.05) is 30.6 Å². The maximum atomic E-state index is 11.7. The fraction of sp³-hybridized carbons (Fsp3) is 0.286. The lowest BCUT2D eigenvalue weighted by Gasteiger charge is -2.17. The molecule has 9 nitrogen and oxygen atoms in total. The molecular weight excluding hydrogens is 594 g/mol. The number of pyridine rings is 1. The third-order valence-corrected chi connectivity index (χ3v) is 7.55. The number of aliphatic hydroxyl groups is 2. The normalized spacial score (nSPS) is 11.5. The smallest absolute Gasteiger partial charge is 0.153 e. The zero-order chi connectivity index (χ0) is 32.2. The average molecular weight is 630 g/mol. The maximum absolute atomic E-state index is 11.7. The molecule has 234 valence electrons. The lowest BCUT2D eigenvalue weighted by Crippen LogP contribution is -2.30. The fourth-order valence-corrected chi connectivity index (χ4v) is 4.96. The Bertz CT molecular complexity index is 1660. The van der Waals surface area contributed by atoms with E-state index >= 15 is 0 Å². The highest BCUT2D eigenvalue weighted by Crippen LogP contribution is 2.36. The molecule has 0 spiro atoms. The van der Waals surface area contributed by atoms with E-state index in [-0.39, 0.29) is 30.4 Å². The highest BCUT2D eigenvalue weighted by Gasteiger charge is 2.15. The van der Waals surface area contributed by atoms with Gasteiger partial charge in [0.15, 0.2) is 6.29 Å². The molecule has 0 bridgehead atoms. The lowest BCUT2D eigenvalue weighted by atomic mass is 9.93. The SMILES string of the molecule is Cc1c(COc2cc(OCc3cncc(C#N)c3)c(C=O)cc2Cl)cccc1-c1cccc(OCCCNCC(O)CO)c1C. The standard InChI is InChI=1S/C35H36ClN3O6/c1-23-27(6-3-7-30(23)31-8-4-9-33(24(31)2)43-11-5-10-38-18-29(42)20-41)22-45-35-14-34(28(19-40)13-32(35)36)44-21-26-12-25(15-37)16-39-17-26/h3-4,6-9,12-14,16-17,19,29,38,41-42H,5,10-11,18,20-22H2,1-2H3. The van der Waals surface area contributed by atoms with Crippen molar-refractivity contribution in [1.82, 2.24) is 10.3 Å². The van der Waals surface area contributed by atoms with E-state index in [0.717, 1.165) is 40.0 Å². The minimum atomic E-state index is -0.760. The minimum absolute atomic E-state index is 0.110. The first-order valence-corrected chi connectivity index (χ1v) is 14.9. The Morgan fingerprint density at radius 3 is 2.49 bits per heavy atom. The fourth-order valence-electron chi connectivity index (χ4n) is 4.73.